The molecular formula is C16H25N3O3S. The average Bonchev–Trinajstić information content (AvgIpc) is 2.84. The van der Waals surface area contributed by atoms with Crippen LogP contribution >= 0.6 is 0 Å². The Bertz CT molecular complexity index is 593. The lowest BCUT2D eigenvalue weighted by atomic mass is 10.2. The van der Waals surface area contributed by atoms with Crippen molar-refractivity contribution in [1.29, 1.82) is 0 Å². The van der Waals surface area contributed by atoms with Gasteiger partial charge in [-0.1, -0.05) is 0 Å². The van der Waals surface area contributed by atoms with E-state index in [1.807, 2.05) is 40.7 Å². The Kier molecular flexibility index (Phi) is 5.39. The summed E-state index contributed by atoms with van der Waals surface area (Å²) in [7, 11) is -1.24. The van der Waals surface area contributed by atoms with Gasteiger partial charge in [0.1, 0.15) is 5.60 Å². The molecule has 1 amide bonds. The number of ether oxygens (including phenoxy) is 1. The fourth-order valence-corrected chi connectivity index (χ4v) is 3.89. The lowest BCUT2D eigenvalue weighted by Crippen LogP contribution is -2.35. The summed E-state index contributed by atoms with van der Waals surface area (Å²) in [5.41, 5.74) is 1.15. The Labute approximate surface area is 140 Å². The first kappa shape index (κ1) is 17.8. The SMILES string of the molecule is Cc1cc(C)nc(S(=O)CC2CCN(C(=O)OC(C)(C)C)C2)n1. The molecule has 0 saturated carbocycles. The molecule has 0 aliphatic carbocycles. The van der Waals surface area contributed by atoms with Gasteiger partial charge in [0.2, 0.25) is 5.16 Å². The minimum Gasteiger partial charge on any atom is -0.444 e. The number of hydrogen-bond donors (Lipinski definition) is 0. The zero-order chi connectivity index (χ0) is 17.2. The van der Waals surface area contributed by atoms with Crippen molar-refractivity contribution in [3.63, 3.8) is 0 Å². The Morgan fingerprint density at radius 1 is 1.35 bits per heavy atom. The largest absolute Gasteiger partial charge is 0.444 e. The molecule has 2 unspecified atom stereocenters. The molecule has 7 heteroatoms. The van der Waals surface area contributed by atoms with E-state index in [-0.39, 0.29) is 12.0 Å². The van der Waals surface area contributed by atoms with E-state index in [0.717, 1.165) is 17.8 Å². The number of hydrogen-bond acceptors (Lipinski definition) is 5. The van der Waals surface area contributed by atoms with Crippen molar-refractivity contribution >= 4 is 16.9 Å². The lowest BCUT2D eigenvalue weighted by molar-refractivity contribution is 0.0289. The van der Waals surface area contributed by atoms with E-state index < -0.39 is 16.4 Å². The van der Waals surface area contributed by atoms with Crippen LogP contribution in [0, 0.1) is 19.8 Å². The molecule has 2 rings (SSSR count). The molecule has 1 saturated heterocycles. The van der Waals surface area contributed by atoms with Gasteiger partial charge in [0.05, 0.1) is 10.8 Å². The van der Waals surface area contributed by atoms with E-state index in [1.165, 1.54) is 0 Å². The van der Waals surface area contributed by atoms with Gasteiger partial charge in [-0.15, -0.1) is 0 Å². The molecule has 1 aliphatic rings. The van der Waals surface area contributed by atoms with Crippen LogP contribution < -0.4 is 0 Å². The molecule has 0 bridgehead atoms. The number of aryl methyl sites for hydroxylation is 2. The molecule has 23 heavy (non-hydrogen) atoms. The molecule has 1 aromatic heterocycles. The fraction of sp³-hybridized carbons (Fsp3) is 0.688. The zero-order valence-electron chi connectivity index (χ0n) is 14.5. The van der Waals surface area contributed by atoms with E-state index in [2.05, 4.69) is 9.97 Å². The predicted molar refractivity (Wildman–Crippen MR) is 88.7 cm³/mol. The Morgan fingerprint density at radius 3 is 2.52 bits per heavy atom. The topological polar surface area (TPSA) is 72.4 Å². The molecular weight excluding hydrogens is 314 g/mol. The van der Waals surface area contributed by atoms with Crippen LogP contribution in [0.1, 0.15) is 38.6 Å². The van der Waals surface area contributed by atoms with Crippen molar-refractivity contribution in [3.05, 3.63) is 17.5 Å². The van der Waals surface area contributed by atoms with Gasteiger partial charge in [-0.05, 0) is 53.0 Å². The number of carbonyl (C=O) groups is 1. The summed E-state index contributed by atoms with van der Waals surface area (Å²) in [5, 5.41) is 0.387. The molecule has 1 aromatic rings. The van der Waals surface area contributed by atoms with Crippen LogP contribution in [0.5, 0.6) is 0 Å². The molecule has 2 heterocycles. The first-order valence-corrected chi connectivity index (χ1v) is 9.14. The van der Waals surface area contributed by atoms with Gasteiger partial charge in [-0.2, -0.15) is 0 Å². The molecule has 1 fully saturated rings. The highest BCUT2D eigenvalue weighted by Gasteiger charge is 2.31. The van der Waals surface area contributed by atoms with Crippen molar-refractivity contribution in [2.24, 2.45) is 5.92 Å². The number of carbonyl (C=O) groups excluding carboxylic acids is 1. The molecule has 2 atom stereocenters. The summed E-state index contributed by atoms with van der Waals surface area (Å²) in [5.74, 6) is 0.662. The van der Waals surface area contributed by atoms with E-state index in [4.69, 9.17) is 4.74 Å². The smallest absolute Gasteiger partial charge is 0.410 e. The number of nitrogens with zero attached hydrogens (tertiary/aromatic N) is 3. The highest BCUT2D eigenvalue weighted by atomic mass is 32.2. The van der Waals surface area contributed by atoms with Crippen molar-refractivity contribution in [2.45, 2.75) is 51.8 Å². The normalized spacial score (nSPS) is 19.7. The molecule has 0 aromatic carbocycles. The van der Waals surface area contributed by atoms with Gasteiger partial charge in [-0.3, -0.25) is 4.21 Å². The van der Waals surface area contributed by atoms with Gasteiger partial charge in [0.25, 0.3) is 0 Å². The van der Waals surface area contributed by atoms with Crippen LogP contribution in [0.15, 0.2) is 11.2 Å². The molecule has 128 valence electrons. The van der Waals surface area contributed by atoms with Crippen molar-refractivity contribution in [3.8, 4) is 0 Å². The third-order valence-corrected chi connectivity index (χ3v) is 4.85. The van der Waals surface area contributed by atoms with Gasteiger partial charge in [0, 0.05) is 30.2 Å². The molecule has 0 radical (unpaired) electrons. The van der Waals surface area contributed by atoms with Crippen molar-refractivity contribution < 1.29 is 13.7 Å². The maximum atomic E-state index is 12.5. The van der Waals surface area contributed by atoms with Crippen molar-refractivity contribution in [2.75, 3.05) is 18.8 Å². The van der Waals surface area contributed by atoms with Gasteiger partial charge < -0.3 is 9.64 Å². The predicted octanol–water partition coefficient (Wildman–Crippen LogP) is 2.46. The summed E-state index contributed by atoms with van der Waals surface area (Å²) in [6, 6.07) is 1.86. The number of rotatable bonds is 3. The second kappa shape index (κ2) is 6.95. The molecule has 0 spiro atoms. The Balaban J connectivity index is 1.92. The van der Waals surface area contributed by atoms with E-state index in [9.17, 15) is 9.00 Å². The highest BCUT2D eigenvalue weighted by molar-refractivity contribution is 7.84. The fourth-order valence-electron chi connectivity index (χ4n) is 2.55. The number of aromatic nitrogens is 2. The maximum absolute atomic E-state index is 12.5. The monoisotopic (exact) mass is 339 g/mol. The minimum absolute atomic E-state index is 0.188. The van der Waals surface area contributed by atoms with Crippen LogP contribution in [-0.4, -0.2) is 49.6 Å². The molecule has 6 nitrogen and oxygen atoms in total. The second-order valence-corrected chi connectivity index (χ2v) is 8.42. The average molecular weight is 339 g/mol. The van der Waals surface area contributed by atoms with E-state index >= 15 is 0 Å². The van der Waals surface area contributed by atoms with E-state index in [1.54, 1.807) is 4.90 Å². The van der Waals surface area contributed by atoms with Crippen LogP contribution in [0.2, 0.25) is 0 Å². The summed E-state index contributed by atoms with van der Waals surface area (Å²) in [6.07, 6.45) is 0.531. The Morgan fingerprint density at radius 2 is 1.96 bits per heavy atom. The summed E-state index contributed by atoms with van der Waals surface area (Å²) >= 11 is 0. The summed E-state index contributed by atoms with van der Waals surface area (Å²) in [6.45, 7) is 10.5. The van der Waals surface area contributed by atoms with Crippen LogP contribution in [0.25, 0.3) is 0 Å². The Hall–Kier alpha value is -1.50. The summed E-state index contributed by atoms with van der Waals surface area (Å²) < 4.78 is 17.8. The maximum Gasteiger partial charge on any atom is 0.410 e. The van der Waals surface area contributed by atoms with Gasteiger partial charge in [-0.25, -0.2) is 14.8 Å². The first-order chi connectivity index (χ1) is 10.6. The zero-order valence-corrected chi connectivity index (χ0v) is 15.3. The third kappa shape index (κ3) is 5.27. The molecule has 1 aliphatic heterocycles. The highest BCUT2D eigenvalue weighted by Crippen LogP contribution is 2.21. The van der Waals surface area contributed by atoms with Gasteiger partial charge in [0.15, 0.2) is 0 Å². The number of amides is 1. The van der Waals surface area contributed by atoms with Crippen LogP contribution in [0.4, 0.5) is 4.79 Å². The third-order valence-electron chi connectivity index (χ3n) is 3.49. The van der Waals surface area contributed by atoms with Crippen LogP contribution in [0.3, 0.4) is 0 Å². The first-order valence-electron chi connectivity index (χ1n) is 7.82. The summed E-state index contributed by atoms with van der Waals surface area (Å²) in [4.78, 5) is 22.3. The molecule has 0 N–H and O–H groups in total. The minimum atomic E-state index is -1.24. The van der Waals surface area contributed by atoms with Gasteiger partial charge >= 0.3 is 6.09 Å². The number of likely N-dealkylation sites (tertiary alicyclic amines) is 1. The quantitative estimate of drug-likeness (QED) is 0.791. The lowest BCUT2D eigenvalue weighted by Gasteiger charge is -2.24. The van der Waals surface area contributed by atoms with Crippen molar-refractivity contribution in [1.82, 2.24) is 14.9 Å². The van der Waals surface area contributed by atoms with Crippen LogP contribution in [-0.2, 0) is 15.5 Å². The second-order valence-electron chi connectivity index (χ2n) is 7.03. The standard InChI is InChI=1S/C16H25N3O3S/c1-11-8-12(2)18-14(17-11)23(21)10-13-6-7-19(9-13)15(20)22-16(3,4)5/h8,13H,6-7,9-10H2,1-5H3. The van der Waals surface area contributed by atoms with E-state index in [0.29, 0.717) is 24.0 Å².